The van der Waals surface area contributed by atoms with Gasteiger partial charge in [-0.3, -0.25) is 14.1 Å². The molecule has 4 N–H and O–H groups in total. The number of hydrogen-bond acceptors (Lipinski definition) is 4. The number of rotatable bonds is 0. The number of fused-ring (bicyclic) bond motifs is 1. The van der Waals surface area contributed by atoms with E-state index >= 15 is 0 Å². The molecule has 0 aliphatic rings. The van der Waals surface area contributed by atoms with E-state index in [4.69, 9.17) is 23.3 Å². The Morgan fingerprint density at radius 1 is 0.875 bits per heavy atom. The lowest BCUT2D eigenvalue weighted by Gasteiger charge is -2.10. The summed E-state index contributed by atoms with van der Waals surface area (Å²) in [5, 5.41) is 0.111. The molecule has 176 valence electrons. The summed E-state index contributed by atoms with van der Waals surface area (Å²) in [7, 11) is -4.67. The van der Waals surface area contributed by atoms with Crippen LogP contribution in [0.1, 0.15) is 11.1 Å². The first-order valence-corrected chi connectivity index (χ1v) is 10.8. The van der Waals surface area contributed by atoms with Crippen LogP contribution in [0, 0.1) is 0 Å². The topological polar surface area (TPSA) is 114 Å². The van der Waals surface area contributed by atoms with Gasteiger partial charge in [0.1, 0.15) is 0 Å². The molecule has 6 nitrogen and oxygen atoms in total. The van der Waals surface area contributed by atoms with Crippen LogP contribution in [0.3, 0.4) is 0 Å². The highest BCUT2D eigenvalue weighted by molar-refractivity contribution is 9.11. The minimum atomic E-state index is -4.67. The third-order valence-corrected chi connectivity index (χ3v) is 4.71. The smallest absolute Gasteiger partial charge is 0.398 e. The molecule has 0 unspecified atom stereocenters. The van der Waals surface area contributed by atoms with Crippen molar-refractivity contribution in [2.24, 2.45) is 0 Å². The number of benzene rings is 2. The molecule has 0 saturated carbocycles. The molecule has 0 aliphatic heterocycles. The molecule has 32 heavy (non-hydrogen) atoms. The van der Waals surface area contributed by atoms with Crippen LogP contribution >= 0.6 is 31.9 Å². The van der Waals surface area contributed by atoms with Crippen LogP contribution in [-0.4, -0.2) is 22.5 Å². The monoisotopic (exact) mass is 612 g/mol. The van der Waals surface area contributed by atoms with Gasteiger partial charge in [-0.1, -0.05) is 6.07 Å². The van der Waals surface area contributed by atoms with Gasteiger partial charge in [0.25, 0.3) is 0 Å². The normalized spacial score (nSPS) is 11.8. The Kier molecular flexibility index (Phi) is 9.47. The quantitative estimate of drug-likeness (QED) is 0.153. The lowest BCUT2D eigenvalue weighted by atomic mass is 10.1. The number of nitrogens with zero attached hydrogens (tertiary/aromatic N) is 1. The van der Waals surface area contributed by atoms with Crippen molar-refractivity contribution in [2.45, 2.75) is 12.4 Å². The fourth-order valence-electron chi connectivity index (χ4n) is 2.11. The first-order chi connectivity index (χ1) is 14.4. The van der Waals surface area contributed by atoms with E-state index in [0.29, 0.717) is 14.5 Å². The van der Waals surface area contributed by atoms with E-state index in [1.165, 1.54) is 30.5 Å². The van der Waals surface area contributed by atoms with Crippen LogP contribution in [0.2, 0.25) is 0 Å². The highest BCUT2D eigenvalue weighted by atomic mass is 79.9. The summed E-state index contributed by atoms with van der Waals surface area (Å²) in [6, 6.07) is 8.45. The van der Waals surface area contributed by atoms with E-state index < -0.39 is 33.9 Å². The maximum atomic E-state index is 12.6. The van der Waals surface area contributed by atoms with E-state index in [9.17, 15) is 26.3 Å². The second-order valence-corrected chi connectivity index (χ2v) is 8.28. The summed E-state index contributed by atoms with van der Waals surface area (Å²) >= 11 is 6.17. The number of alkyl halides is 6. The summed E-state index contributed by atoms with van der Waals surface area (Å²) in [6.45, 7) is 0. The molecule has 3 rings (SSSR count). The molecule has 2 aromatic carbocycles. The van der Waals surface area contributed by atoms with Crippen molar-refractivity contribution in [1.82, 2.24) is 4.98 Å². The van der Waals surface area contributed by atoms with Crippen molar-refractivity contribution in [3.63, 3.8) is 0 Å². The first-order valence-electron chi connectivity index (χ1n) is 7.83. The molecule has 1 aromatic heterocycles. The standard InChI is InChI=1S/C10H5BrF3N.C7H5BrF3N.H2O4S/c11-8-4-3-7(10(12,13)14)6-2-1-5-15-9(6)8;8-5-2-1-4(3-6(5)12)7(9,10)11;1-5(2,3)4/h1-5H;1-3H,12H2;(H2,1,2,3,4). The van der Waals surface area contributed by atoms with E-state index in [-0.39, 0.29) is 11.1 Å². The van der Waals surface area contributed by atoms with Gasteiger partial charge in [-0.25, -0.2) is 0 Å². The predicted octanol–water partition coefficient (Wildman–Crippen LogP) is 6.41. The van der Waals surface area contributed by atoms with Gasteiger partial charge in [-0.05, 0) is 68.3 Å². The number of halogens is 8. The number of aromatic nitrogens is 1. The molecule has 0 spiro atoms. The lowest BCUT2D eigenvalue weighted by Crippen LogP contribution is -2.05. The Labute approximate surface area is 194 Å². The average Bonchev–Trinajstić information content (AvgIpc) is 2.62. The Morgan fingerprint density at radius 3 is 1.88 bits per heavy atom. The Morgan fingerprint density at radius 2 is 1.41 bits per heavy atom. The summed E-state index contributed by atoms with van der Waals surface area (Å²) in [5.74, 6) is 0. The number of hydrogen-bond donors (Lipinski definition) is 3. The molecule has 0 radical (unpaired) electrons. The van der Waals surface area contributed by atoms with Gasteiger partial charge < -0.3 is 5.73 Å². The highest BCUT2D eigenvalue weighted by Crippen LogP contribution is 2.36. The minimum absolute atomic E-state index is 0.0878. The molecule has 0 saturated heterocycles. The second kappa shape index (κ2) is 10.8. The first kappa shape index (κ1) is 28.1. The number of nitrogen functional groups attached to an aromatic ring is 1. The van der Waals surface area contributed by atoms with Crippen LogP contribution in [0.5, 0.6) is 0 Å². The second-order valence-electron chi connectivity index (χ2n) is 5.67. The molecule has 3 aromatic rings. The molecule has 1 heterocycles. The van der Waals surface area contributed by atoms with Gasteiger partial charge in [0.05, 0.1) is 16.6 Å². The zero-order chi connectivity index (χ0) is 24.9. The van der Waals surface area contributed by atoms with Crippen molar-refractivity contribution in [2.75, 3.05) is 5.73 Å². The minimum Gasteiger partial charge on any atom is -0.398 e. The summed E-state index contributed by atoms with van der Waals surface area (Å²) in [5.41, 5.74) is 4.29. The third kappa shape index (κ3) is 9.28. The van der Waals surface area contributed by atoms with Crippen molar-refractivity contribution in [3.8, 4) is 0 Å². The molecular weight excluding hydrogens is 602 g/mol. The van der Waals surface area contributed by atoms with E-state index in [2.05, 4.69) is 36.8 Å². The van der Waals surface area contributed by atoms with E-state index in [1.807, 2.05) is 0 Å². The molecule has 15 heteroatoms. The fourth-order valence-corrected chi connectivity index (χ4v) is 2.80. The van der Waals surface area contributed by atoms with Gasteiger partial charge >= 0.3 is 22.8 Å². The van der Waals surface area contributed by atoms with Gasteiger partial charge in [-0.15, -0.1) is 0 Å². The van der Waals surface area contributed by atoms with Crippen molar-refractivity contribution in [3.05, 3.63) is 68.7 Å². The van der Waals surface area contributed by atoms with Crippen molar-refractivity contribution < 1.29 is 43.9 Å². The maximum Gasteiger partial charge on any atom is 0.417 e. The molecule has 0 aliphatic carbocycles. The van der Waals surface area contributed by atoms with E-state index in [1.54, 1.807) is 0 Å². The van der Waals surface area contributed by atoms with Crippen molar-refractivity contribution >= 4 is 58.8 Å². The zero-order valence-electron chi connectivity index (χ0n) is 15.3. The molecule has 0 fully saturated rings. The Balaban J connectivity index is 0.000000270. The summed E-state index contributed by atoms with van der Waals surface area (Å²) in [6.07, 6.45) is -7.20. The van der Waals surface area contributed by atoms with Gasteiger partial charge in [0, 0.05) is 26.2 Å². The third-order valence-electron chi connectivity index (χ3n) is 3.35. The number of nitrogens with two attached hydrogens (primary N) is 1. The van der Waals surface area contributed by atoms with E-state index in [0.717, 1.165) is 18.2 Å². The number of anilines is 1. The van der Waals surface area contributed by atoms with Crippen LogP contribution < -0.4 is 5.73 Å². The Bertz CT molecular complexity index is 1180. The molecule has 0 bridgehead atoms. The van der Waals surface area contributed by atoms with Crippen LogP contribution in [0.25, 0.3) is 10.9 Å². The lowest BCUT2D eigenvalue weighted by molar-refractivity contribution is -0.138. The average molecular weight is 614 g/mol. The van der Waals surface area contributed by atoms with Crippen LogP contribution in [0.4, 0.5) is 32.0 Å². The zero-order valence-corrected chi connectivity index (χ0v) is 19.3. The van der Waals surface area contributed by atoms with Crippen molar-refractivity contribution in [1.29, 1.82) is 0 Å². The van der Waals surface area contributed by atoms with Crippen LogP contribution in [-0.2, 0) is 22.8 Å². The largest absolute Gasteiger partial charge is 0.417 e. The van der Waals surface area contributed by atoms with Crippen LogP contribution in [0.15, 0.2) is 57.6 Å². The SMILES string of the molecule is FC(F)(F)c1ccc(Br)c2ncccc12.Nc1cc(C(F)(F)F)ccc1Br.O=S(=O)(O)O. The van der Waals surface area contributed by atoms with Gasteiger partial charge in [-0.2, -0.15) is 34.8 Å². The summed E-state index contributed by atoms with van der Waals surface area (Å²) < 4.78 is 107. The van der Waals surface area contributed by atoms with Gasteiger partial charge in [0.2, 0.25) is 0 Å². The fraction of sp³-hybridized carbons (Fsp3) is 0.118. The highest BCUT2D eigenvalue weighted by Gasteiger charge is 2.33. The predicted molar refractivity (Wildman–Crippen MR) is 112 cm³/mol. The summed E-state index contributed by atoms with van der Waals surface area (Å²) in [4.78, 5) is 3.91. The maximum absolute atomic E-state index is 12.6. The molecule has 0 atom stereocenters. The Hall–Kier alpha value is -1.94. The number of pyridine rings is 1. The van der Waals surface area contributed by atoms with Gasteiger partial charge in [0.15, 0.2) is 0 Å². The molecular formula is C17H12Br2F6N2O4S. The molecule has 0 amide bonds.